The van der Waals surface area contributed by atoms with Crippen LogP contribution in [-0.4, -0.2) is 15.6 Å². The fourth-order valence-corrected chi connectivity index (χ4v) is 2.01. The van der Waals surface area contributed by atoms with Crippen LogP contribution < -0.4 is 0 Å². The first kappa shape index (κ1) is 8.18. The average molecular weight is 131 g/mol. The van der Waals surface area contributed by atoms with Gasteiger partial charge in [-0.15, -0.1) is 0 Å². The second-order valence-corrected chi connectivity index (χ2v) is 4.08. The highest BCUT2D eigenvalue weighted by Gasteiger charge is 2.00. The Hall–Kier alpha value is 0.177. The van der Waals surface area contributed by atoms with E-state index in [-0.39, 0.29) is 0 Å². The zero-order valence-corrected chi connectivity index (χ0v) is 7.03. The molecule has 0 saturated heterocycles. The Morgan fingerprint density at radius 1 is 1.38 bits per heavy atom. The third-order valence-electron chi connectivity index (χ3n) is 0.993. The molecular weight excluding hydrogens is 116 g/mol. The van der Waals surface area contributed by atoms with Gasteiger partial charge in [-0.3, -0.25) is 0 Å². The Balaban J connectivity index is 2.92. The Kier molecular flexibility index (Phi) is 5.43. The van der Waals surface area contributed by atoms with Crippen LogP contribution in [0.2, 0.25) is 12.6 Å². The summed E-state index contributed by atoms with van der Waals surface area (Å²) >= 11 is 0. The lowest BCUT2D eigenvalue weighted by atomic mass is 10.6. The number of hydrogen-bond donors (Lipinski definition) is 0. The van der Waals surface area contributed by atoms with Crippen LogP contribution in [0.15, 0.2) is 0 Å². The maximum atomic E-state index is 5.38. The smallest absolute Gasteiger partial charge is 0.208 e. The van der Waals surface area contributed by atoms with Crippen molar-refractivity contribution in [3.8, 4) is 0 Å². The molecule has 8 heavy (non-hydrogen) atoms. The maximum absolute atomic E-state index is 5.38. The highest BCUT2D eigenvalue weighted by molar-refractivity contribution is 6.50. The SMILES string of the molecule is CCC[Si](C)OCC. The lowest BCUT2D eigenvalue weighted by molar-refractivity contribution is 0.345. The van der Waals surface area contributed by atoms with E-state index in [9.17, 15) is 0 Å². The first-order chi connectivity index (χ1) is 3.81. The lowest BCUT2D eigenvalue weighted by Gasteiger charge is -2.04. The van der Waals surface area contributed by atoms with E-state index in [0.717, 1.165) is 6.61 Å². The molecule has 0 fully saturated rings. The third-order valence-corrected chi connectivity index (χ3v) is 2.98. The molecular formula is C6H15OSi. The zero-order valence-electron chi connectivity index (χ0n) is 6.03. The topological polar surface area (TPSA) is 9.23 Å². The lowest BCUT2D eigenvalue weighted by Crippen LogP contribution is -2.11. The molecule has 2 heteroatoms. The van der Waals surface area contributed by atoms with Crippen molar-refractivity contribution in [1.82, 2.24) is 0 Å². The number of rotatable bonds is 4. The van der Waals surface area contributed by atoms with E-state index < -0.39 is 9.04 Å². The molecule has 0 aliphatic heterocycles. The minimum Gasteiger partial charge on any atom is -0.417 e. The van der Waals surface area contributed by atoms with Crippen LogP contribution in [-0.2, 0) is 4.43 Å². The van der Waals surface area contributed by atoms with Crippen LogP contribution >= 0.6 is 0 Å². The second kappa shape index (κ2) is 5.32. The van der Waals surface area contributed by atoms with Crippen molar-refractivity contribution in [3.05, 3.63) is 0 Å². The van der Waals surface area contributed by atoms with Crippen LogP contribution in [0.4, 0.5) is 0 Å². The van der Waals surface area contributed by atoms with Crippen molar-refractivity contribution in [2.45, 2.75) is 32.9 Å². The minimum absolute atomic E-state index is 0.391. The highest BCUT2D eigenvalue weighted by Crippen LogP contribution is 1.96. The van der Waals surface area contributed by atoms with Crippen molar-refractivity contribution < 1.29 is 4.43 Å². The molecule has 0 aromatic rings. The van der Waals surface area contributed by atoms with Gasteiger partial charge in [0.05, 0.1) is 0 Å². The van der Waals surface area contributed by atoms with E-state index in [1.54, 1.807) is 0 Å². The second-order valence-electron chi connectivity index (χ2n) is 1.89. The number of hydrogen-bond acceptors (Lipinski definition) is 1. The van der Waals surface area contributed by atoms with Gasteiger partial charge in [-0.1, -0.05) is 13.3 Å². The van der Waals surface area contributed by atoms with Gasteiger partial charge >= 0.3 is 0 Å². The van der Waals surface area contributed by atoms with Gasteiger partial charge in [0, 0.05) is 6.61 Å². The average Bonchev–Trinajstić information content (AvgIpc) is 1.68. The molecule has 0 aliphatic rings. The Labute approximate surface area is 53.8 Å². The standard InChI is InChI=1S/C6H15OSi/c1-4-6-8(3)7-5-2/h4-6H2,1-3H3. The summed E-state index contributed by atoms with van der Waals surface area (Å²) in [5, 5.41) is 0. The zero-order chi connectivity index (χ0) is 6.41. The van der Waals surface area contributed by atoms with Crippen LogP contribution in [0.3, 0.4) is 0 Å². The van der Waals surface area contributed by atoms with Crippen molar-refractivity contribution in [2.75, 3.05) is 6.61 Å². The van der Waals surface area contributed by atoms with E-state index in [1.807, 2.05) is 0 Å². The first-order valence-corrected chi connectivity index (χ1v) is 5.38. The highest BCUT2D eigenvalue weighted by atomic mass is 28.3. The molecule has 0 N–H and O–H groups in total. The molecule has 1 nitrogen and oxygen atoms in total. The van der Waals surface area contributed by atoms with Crippen molar-refractivity contribution >= 4 is 9.04 Å². The molecule has 0 rings (SSSR count). The minimum atomic E-state index is -0.391. The van der Waals surface area contributed by atoms with Crippen molar-refractivity contribution in [2.24, 2.45) is 0 Å². The maximum Gasteiger partial charge on any atom is 0.208 e. The molecule has 0 spiro atoms. The molecule has 0 aromatic carbocycles. The van der Waals surface area contributed by atoms with Crippen LogP contribution in [0.25, 0.3) is 0 Å². The van der Waals surface area contributed by atoms with E-state index in [1.165, 1.54) is 12.5 Å². The van der Waals surface area contributed by atoms with Gasteiger partial charge in [-0.2, -0.15) is 0 Å². The van der Waals surface area contributed by atoms with Crippen LogP contribution in [0, 0.1) is 0 Å². The molecule has 0 bridgehead atoms. The summed E-state index contributed by atoms with van der Waals surface area (Å²) in [7, 11) is -0.391. The molecule has 0 aliphatic carbocycles. The molecule has 0 saturated carbocycles. The van der Waals surface area contributed by atoms with E-state index in [2.05, 4.69) is 20.4 Å². The summed E-state index contributed by atoms with van der Waals surface area (Å²) in [6.07, 6.45) is 1.27. The van der Waals surface area contributed by atoms with E-state index in [0.29, 0.717) is 0 Å². The molecule has 0 atom stereocenters. The van der Waals surface area contributed by atoms with Gasteiger partial charge < -0.3 is 4.43 Å². The quantitative estimate of drug-likeness (QED) is 0.531. The fourth-order valence-electron chi connectivity index (χ4n) is 0.671. The molecule has 1 radical (unpaired) electrons. The molecule has 0 unspecified atom stereocenters. The summed E-state index contributed by atoms with van der Waals surface area (Å²) in [4.78, 5) is 0. The van der Waals surface area contributed by atoms with Crippen LogP contribution in [0.5, 0.6) is 0 Å². The predicted octanol–water partition coefficient (Wildman–Crippen LogP) is 2.05. The van der Waals surface area contributed by atoms with Crippen molar-refractivity contribution in [3.63, 3.8) is 0 Å². The van der Waals surface area contributed by atoms with Gasteiger partial charge in [0.2, 0.25) is 9.04 Å². The molecule has 0 aromatic heterocycles. The fraction of sp³-hybridized carbons (Fsp3) is 1.00. The summed E-state index contributed by atoms with van der Waals surface area (Å²) in [5.41, 5.74) is 0. The summed E-state index contributed by atoms with van der Waals surface area (Å²) in [6, 6.07) is 1.29. The van der Waals surface area contributed by atoms with Gasteiger partial charge in [0.25, 0.3) is 0 Å². The summed E-state index contributed by atoms with van der Waals surface area (Å²) in [5.74, 6) is 0. The molecule has 49 valence electrons. The van der Waals surface area contributed by atoms with Crippen LogP contribution in [0.1, 0.15) is 20.3 Å². The van der Waals surface area contributed by atoms with Gasteiger partial charge in [-0.05, 0) is 19.5 Å². The summed E-state index contributed by atoms with van der Waals surface area (Å²) < 4.78 is 5.38. The van der Waals surface area contributed by atoms with Crippen molar-refractivity contribution in [1.29, 1.82) is 0 Å². The Morgan fingerprint density at radius 2 is 2.00 bits per heavy atom. The first-order valence-electron chi connectivity index (χ1n) is 3.26. The predicted molar refractivity (Wildman–Crippen MR) is 38.3 cm³/mol. The monoisotopic (exact) mass is 131 g/mol. The molecule has 0 heterocycles. The third kappa shape index (κ3) is 4.34. The Bertz CT molecular complexity index is 41.8. The van der Waals surface area contributed by atoms with E-state index >= 15 is 0 Å². The van der Waals surface area contributed by atoms with Gasteiger partial charge in [0.1, 0.15) is 0 Å². The van der Waals surface area contributed by atoms with Gasteiger partial charge in [0.15, 0.2) is 0 Å². The normalized spacial score (nSPS) is 10.5. The largest absolute Gasteiger partial charge is 0.417 e. The van der Waals surface area contributed by atoms with E-state index in [4.69, 9.17) is 4.43 Å². The Morgan fingerprint density at radius 3 is 2.38 bits per heavy atom. The molecule has 0 amide bonds. The van der Waals surface area contributed by atoms with Gasteiger partial charge in [-0.25, -0.2) is 0 Å². The summed E-state index contributed by atoms with van der Waals surface area (Å²) in [6.45, 7) is 7.37.